The van der Waals surface area contributed by atoms with E-state index < -0.39 is 5.97 Å². The van der Waals surface area contributed by atoms with Crippen molar-refractivity contribution in [2.24, 2.45) is 0 Å². The maximum absolute atomic E-state index is 12.2. The molecule has 0 unspecified atom stereocenters. The number of benzene rings is 1. The van der Waals surface area contributed by atoms with Gasteiger partial charge in [0.2, 0.25) is 5.91 Å². The topological polar surface area (TPSA) is 70.5 Å². The van der Waals surface area contributed by atoms with Crippen LogP contribution in [0.4, 0.5) is 0 Å². The lowest BCUT2D eigenvalue weighted by Gasteiger charge is -2.17. The van der Waals surface area contributed by atoms with Crippen molar-refractivity contribution >= 4 is 11.9 Å². The van der Waals surface area contributed by atoms with Crippen molar-refractivity contribution in [1.29, 1.82) is 0 Å². The molecule has 1 aromatic carbocycles. The van der Waals surface area contributed by atoms with Crippen molar-refractivity contribution in [3.8, 4) is 0 Å². The van der Waals surface area contributed by atoms with Crippen molar-refractivity contribution in [3.05, 3.63) is 65.5 Å². The van der Waals surface area contributed by atoms with Gasteiger partial charge < -0.3 is 10.0 Å². The number of nitrogens with zero attached hydrogens (tertiary/aromatic N) is 2. The molecule has 1 aromatic heterocycles. The molecule has 0 aliphatic heterocycles. The normalized spacial score (nSPS) is 10.1. The summed E-state index contributed by atoms with van der Waals surface area (Å²) in [5.41, 5.74) is 1.62. The third kappa shape index (κ3) is 3.89. The third-order valence-electron chi connectivity index (χ3n) is 3.16. The van der Waals surface area contributed by atoms with E-state index in [1.165, 1.54) is 6.07 Å². The Labute approximate surface area is 122 Å². The van der Waals surface area contributed by atoms with Gasteiger partial charge in [0.25, 0.3) is 0 Å². The van der Waals surface area contributed by atoms with Gasteiger partial charge in [-0.1, -0.05) is 24.3 Å². The fraction of sp³-hybridized carbons (Fsp3) is 0.188. The molecule has 0 fully saturated rings. The number of carboxylic acids is 1. The summed E-state index contributed by atoms with van der Waals surface area (Å²) in [6.07, 6.45) is 3.45. The van der Waals surface area contributed by atoms with Crippen molar-refractivity contribution < 1.29 is 14.7 Å². The van der Waals surface area contributed by atoms with Crippen molar-refractivity contribution in [2.45, 2.75) is 13.0 Å². The van der Waals surface area contributed by atoms with Gasteiger partial charge in [-0.05, 0) is 23.3 Å². The summed E-state index contributed by atoms with van der Waals surface area (Å²) < 4.78 is 0. The fourth-order valence-electron chi connectivity index (χ4n) is 2.03. The first-order valence-corrected chi connectivity index (χ1v) is 6.52. The molecule has 0 aliphatic rings. The van der Waals surface area contributed by atoms with Crippen LogP contribution in [0.3, 0.4) is 0 Å². The van der Waals surface area contributed by atoms with E-state index >= 15 is 0 Å². The Morgan fingerprint density at radius 1 is 1.19 bits per heavy atom. The van der Waals surface area contributed by atoms with Gasteiger partial charge >= 0.3 is 5.97 Å². The van der Waals surface area contributed by atoms with E-state index in [1.807, 2.05) is 12.1 Å². The molecule has 108 valence electrons. The highest BCUT2D eigenvalue weighted by Crippen LogP contribution is 2.11. The molecule has 0 bridgehead atoms. The maximum atomic E-state index is 12.2. The molecule has 2 aromatic rings. The molecular formula is C16H16N2O3. The lowest BCUT2D eigenvalue weighted by Crippen LogP contribution is -2.28. The zero-order valence-corrected chi connectivity index (χ0v) is 11.7. The molecule has 0 radical (unpaired) electrons. The Morgan fingerprint density at radius 2 is 1.95 bits per heavy atom. The fourth-order valence-corrected chi connectivity index (χ4v) is 2.03. The minimum atomic E-state index is -1.02. The average Bonchev–Trinajstić information content (AvgIpc) is 2.48. The zero-order chi connectivity index (χ0) is 15.2. The molecule has 0 saturated heterocycles. The van der Waals surface area contributed by atoms with Gasteiger partial charge in [-0.25, -0.2) is 4.79 Å². The van der Waals surface area contributed by atoms with Crippen LogP contribution in [0.5, 0.6) is 0 Å². The highest BCUT2D eigenvalue weighted by atomic mass is 16.4. The van der Waals surface area contributed by atoms with Gasteiger partial charge in [-0.3, -0.25) is 9.78 Å². The predicted molar refractivity (Wildman–Crippen MR) is 77.8 cm³/mol. The summed E-state index contributed by atoms with van der Waals surface area (Å²) in [4.78, 5) is 28.9. The number of aromatic carboxylic acids is 1. The van der Waals surface area contributed by atoms with Crippen LogP contribution in [0.15, 0.2) is 48.8 Å². The number of rotatable bonds is 5. The Balaban J connectivity index is 2.06. The summed E-state index contributed by atoms with van der Waals surface area (Å²) in [6.45, 7) is 0.446. The highest BCUT2D eigenvalue weighted by Gasteiger charge is 2.15. The number of amides is 1. The quantitative estimate of drug-likeness (QED) is 0.911. The molecule has 5 heteroatoms. The third-order valence-corrected chi connectivity index (χ3v) is 3.16. The van der Waals surface area contributed by atoms with E-state index in [9.17, 15) is 9.59 Å². The standard InChI is InChI=1S/C16H16N2O3/c1-18(11-12-5-4-8-17-10-12)15(19)9-13-6-2-3-7-14(13)16(20)21/h2-8,10H,9,11H2,1H3,(H,20,21). The molecule has 1 heterocycles. The number of likely N-dealkylation sites (N-methyl/N-ethyl adjacent to an activating group) is 1. The first-order chi connectivity index (χ1) is 10.1. The Hall–Kier alpha value is -2.69. The Bertz CT molecular complexity index is 641. The second-order valence-corrected chi connectivity index (χ2v) is 4.75. The average molecular weight is 284 g/mol. The minimum absolute atomic E-state index is 0.0687. The van der Waals surface area contributed by atoms with Crippen LogP contribution in [0.25, 0.3) is 0 Å². The molecule has 1 N–H and O–H groups in total. The van der Waals surface area contributed by atoms with Crippen molar-refractivity contribution in [2.75, 3.05) is 7.05 Å². The van der Waals surface area contributed by atoms with E-state index in [4.69, 9.17) is 5.11 Å². The molecular weight excluding hydrogens is 268 g/mol. The monoisotopic (exact) mass is 284 g/mol. The van der Waals surface area contributed by atoms with Crippen LogP contribution >= 0.6 is 0 Å². The van der Waals surface area contributed by atoms with Crippen LogP contribution in [0.2, 0.25) is 0 Å². The zero-order valence-electron chi connectivity index (χ0n) is 11.7. The first kappa shape index (κ1) is 14.7. The number of pyridine rings is 1. The lowest BCUT2D eigenvalue weighted by molar-refractivity contribution is -0.129. The van der Waals surface area contributed by atoms with Crippen LogP contribution in [-0.4, -0.2) is 33.9 Å². The van der Waals surface area contributed by atoms with Crippen LogP contribution in [0.1, 0.15) is 21.5 Å². The van der Waals surface area contributed by atoms with Gasteiger partial charge in [-0.15, -0.1) is 0 Å². The number of carbonyl (C=O) groups excluding carboxylic acids is 1. The molecule has 0 saturated carbocycles. The first-order valence-electron chi connectivity index (χ1n) is 6.52. The van der Waals surface area contributed by atoms with E-state index in [2.05, 4.69) is 4.98 Å². The molecule has 2 rings (SSSR count). The maximum Gasteiger partial charge on any atom is 0.335 e. The van der Waals surface area contributed by atoms with Crippen molar-refractivity contribution in [1.82, 2.24) is 9.88 Å². The second-order valence-electron chi connectivity index (χ2n) is 4.75. The van der Waals surface area contributed by atoms with Crippen LogP contribution < -0.4 is 0 Å². The van der Waals surface area contributed by atoms with Crippen LogP contribution in [-0.2, 0) is 17.8 Å². The summed E-state index contributed by atoms with van der Waals surface area (Å²) in [6, 6.07) is 10.3. The molecule has 0 aliphatic carbocycles. The number of carbonyl (C=O) groups is 2. The van der Waals surface area contributed by atoms with Gasteiger partial charge in [0.15, 0.2) is 0 Å². The Kier molecular flexibility index (Phi) is 4.66. The summed E-state index contributed by atoms with van der Waals surface area (Å²) >= 11 is 0. The molecule has 5 nitrogen and oxygen atoms in total. The smallest absolute Gasteiger partial charge is 0.335 e. The van der Waals surface area contributed by atoms with E-state index in [0.717, 1.165) is 5.56 Å². The molecule has 0 atom stereocenters. The van der Waals surface area contributed by atoms with Gasteiger partial charge in [0, 0.05) is 26.0 Å². The van der Waals surface area contributed by atoms with E-state index in [1.54, 1.807) is 42.5 Å². The van der Waals surface area contributed by atoms with Gasteiger partial charge in [-0.2, -0.15) is 0 Å². The van der Waals surface area contributed by atoms with E-state index in [0.29, 0.717) is 12.1 Å². The number of carboxylic acid groups (broad SMARTS) is 1. The largest absolute Gasteiger partial charge is 0.478 e. The number of hydrogen-bond acceptors (Lipinski definition) is 3. The second kappa shape index (κ2) is 6.65. The van der Waals surface area contributed by atoms with Gasteiger partial charge in [0.1, 0.15) is 0 Å². The summed E-state index contributed by atoms with van der Waals surface area (Å²) in [7, 11) is 1.69. The lowest BCUT2D eigenvalue weighted by atomic mass is 10.0. The predicted octanol–water partition coefficient (Wildman–Crippen LogP) is 1.98. The molecule has 1 amide bonds. The minimum Gasteiger partial charge on any atom is -0.478 e. The van der Waals surface area contributed by atoms with Gasteiger partial charge in [0.05, 0.1) is 12.0 Å². The van der Waals surface area contributed by atoms with Crippen LogP contribution in [0, 0.1) is 0 Å². The number of hydrogen-bond donors (Lipinski definition) is 1. The van der Waals surface area contributed by atoms with E-state index in [-0.39, 0.29) is 17.9 Å². The highest BCUT2D eigenvalue weighted by molar-refractivity contribution is 5.91. The summed E-state index contributed by atoms with van der Waals surface area (Å²) in [5, 5.41) is 9.12. The van der Waals surface area contributed by atoms with Crippen molar-refractivity contribution in [3.63, 3.8) is 0 Å². The Morgan fingerprint density at radius 3 is 2.62 bits per heavy atom. The molecule has 0 spiro atoms. The molecule has 21 heavy (non-hydrogen) atoms. The number of aromatic nitrogens is 1. The summed E-state index contributed by atoms with van der Waals surface area (Å²) in [5.74, 6) is -1.15. The SMILES string of the molecule is CN(Cc1cccnc1)C(=O)Cc1ccccc1C(=O)O.